The molecule has 110 valence electrons. The smallest absolute Gasteiger partial charge is 0.185 e. The Hall–Kier alpha value is -0.620. The van der Waals surface area contributed by atoms with Gasteiger partial charge >= 0.3 is 0 Å². The van der Waals surface area contributed by atoms with Gasteiger partial charge < -0.3 is 10.2 Å². The third-order valence-corrected chi connectivity index (χ3v) is 5.19. The van der Waals surface area contributed by atoms with Crippen molar-refractivity contribution in [1.82, 2.24) is 10.3 Å². The van der Waals surface area contributed by atoms with Crippen LogP contribution >= 0.6 is 34.3 Å². The van der Waals surface area contributed by atoms with Crippen LogP contribution in [0.4, 0.5) is 5.13 Å². The van der Waals surface area contributed by atoms with Gasteiger partial charge in [0.2, 0.25) is 0 Å². The third-order valence-electron chi connectivity index (χ3n) is 3.00. The lowest BCUT2D eigenvalue weighted by atomic mass is 10.2. The fourth-order valence-corrected chi connectivity index (χ4v) is 3.88. The lowest BCUT2D eigenvalue weighted by Gasteiger charge is -2.15. The maximum Gasteiger partial charge on any atom is 0.185 e. The average molecular weight is 330 g/mol. The molecule has 0 fully saturated rings. The molecule has 0 spiro atoms. The number of nitrogens with one attached hydrogen (secondary N) is 1. The lowest BCUT2D eigenvalue weighted by Crippen LogP contribution is -2.20. The molecular formula is C14H20ClN3S2. The highest BCUT2D eigenvalue weighted by atomic mass is 35.5. The van der Waals surface area contributed by atoms with Crippen molar-refractivity contribution in [2.45, 2.75) is 32.9 Å². The van der Waals surface area contributed by atoms with Gasteiger partial charge in [0.1, 0.15) is 0 Å². The van der Waals surface area contributed by atoms with Crippen molar-refractivity contribution in [1.29, 1.82) is 0 Å². The predicted octanol–water partition coefficient (Wildman–Crippen LogP) is 4.56. The normalized spacial score (nSPS) is 12.6. The predicted molar refractivity (Wildman–Crippen MR) is 90.3 cm³/mol. The van der Waals surface area contributed by atoms with Crippen LogP contribution in [0.15, 0.2) is 17.5 Å². The van der Waals surface area contributed by atoms with E-state index >= 15 is 0 Å². The van der Waals surface area contributed by atoms with Crippen LogP contribution in [0.5, 0.6) is 0 Å². The quantitative estimate of drug-likeness (QED) is 0.807. The molecule has 0 aromatic carbocycles. The van der Waals surface area contributed by atoms with E-state index in [9.17, 15) is 0 Å². The second-order valence-corrected chi connectivity index (χ2v) is 7.43. The molecule has 0 aliphatic carbocycles. The molecule has 20 heavy (non-hydrogen) atoms. The molecule has 0 saturated heterocycles. The highest BCUT2D eigenvalue weighted by Crippen LogP contribution is 2.27. The van der Waals surface area contributed by atoms with E-state index in [1.807, 2.05) is 6.07 Å². The van der Waals surface area contributed by atoms with Crippen molar-refractivity contribution in [2.75, 3.05) is 18.5 Å². The van der Waals surface area contributed by atoms with Crippen LogP contribution in [0.2, 0.25) is 4.34 Å². The van der Waals surface area contributed by atoms with Crippen LogP contribution in [0.3, 0.4) is 0 Å². The number of thiazole rings is 1. The Labute approximate surface area is 133 Å². The summed E-state index contributed by atoms with van der Waals surface area (Å²) in [6.07, 6.45) is 1.14. The average Bonchev–Trinajstić information content (AvgIpc) is 3.05. The Balaban J connectivity index is 1.97. The first-order valence-corrected chi connectivity index (χ1v) is 8.81. The third kappa shape index (κ3) is 4.19. The number of halogens is 1. The van der Waals surface area contributed by atoms with Gasteiger partial charge in [-0.3, -0.25) is 0 Å². The molecule has 0 aliphatic rings. The minimum atomic E-state index is 0.310. The van der Waals surface area contributed by atoms with E-state index < -0.39 is 0 Å². The minimum absolute atomic E-state index is 0.310. The zero-order valence-corrected chi connectivity index (χ0v) is 14.4. The molecular weight excluding hydrogens is 310 g/mol. The van der Waals surface area contributed by atoms with E-state index in [1.165, 1.54) is 4.88 Å². The van der Waals surface area contributed by atoms with E-state index in [-0.39, 0.29) is 0 Å². The number of rotatable bonds is 7. The number of anilines is 1. The van der Waals surface area contributed by atoms with Gasteiger partial charge in [0, 0.05) is 23.3 Å². The van der Waals surface area contributed by atoms with E-state index in [4.69, 9.17) is 16.6 Å². The fourth-order valence-electron chi connectivity index (χ4n) is 1.85. The molecule has 0 aliphatic heterocycles. The van der Waals surface area contributed by atoms with Gasteiger partial charge in [0.05, 0.1) is 16.6 Å². The molecule has 6 heteroatoms. The van der Waals surface area contributed by atoms with Gasteiger partial charge in [-0.1, -0.05) is 18.5 Å². The molecule has 0 amide bonds. The van der Waals surface area contributed by atoms with E-state index in [0.717, 1.165) is 34.7 Å². The minimum Gasteiger partial charge on any atom is -0.346 e. The maximum atomic E-state index is 5.96. The topological polar surface area (TPSA) is 28.2 Å². The second-order valence-electron chi connectivity index (χ2n) is 4.79. The van der Waals surface area contributed by atoms with Crippen molar-refractivity contribution >= 4 is 39.4 Å². The largest absolute Gasteiger partial charge is 0.346 e. The molecule has 2 aromatic heterocycles. The van der Waals surface area contributed by atoms with Crippen LogP contribution in [0.25, 0.3) is 0 Å². The van der Waals surface area contributed by atoms with Crippen LogP contribution < -0.4 is 10.2 Å². The lowest BCUT2D eigenvalue weighted by molar-refractivity contribution is 0.561. The highest BCUT2D eigenvalue weighted by molar-refractivity contribution is 7.16. The van der Waals surface area contributed by atoms with Crippen molar-refractivity contribution in [2.24, 2.45) is 0 Å². The Morgan fingerprint density at radius 1 is 1.45 bits per heavy atom. The molecule has 0 saturated carbocycles. The van der Waals surface area contributed by atoms with Gasteiger partial charge in [0.25, 0.3) is 0 Å². The SMILES string of the molecule is CCCNC(C)c1csc(N(C)Cc2ccc(Cl)s2)n1. The standard InChI is InChI=1S/C14H20ClN3S2/c1-4-7-16-10(2)12-9-19-14(17-12)18(3)8-11-5-6-13(15)20-11/h5-6,9-10,16H,4,7-8H2,1-3H3. The first-order valence-electron chi connectivity index (χ1n) is 6.74. The summed E-state index contributed by atoms with van der Waals surface area (Å²) in [5, 5.41) is 6.65. The molecule has 2 rings (SSSR count). The molecule has 3 nitrogen and oxygen atoms in total. The van der Waals surface area contributed by atoms with E-state index in [1.54, 1.807) is 22.7 Å². The van der Waals surface area contributed by atoms with Gasteiger partial charge in [0.15, 0.2) is 5.13 Å². The molecule has 0 radical (unpaired) electrons. The summed E-state index contributed by atoms with van der Waals surface area (Å²) in [6, 6.07) is 4.33. The Kier molecular flexibility index (Phi) is 5.84. The van der Waals surface area contributed by atoms with Crippen LogP contribution in [-0.4, -0.2) is 18.6 Å². The van der Waals surface area contributed by atoms with Crippen molar-refractivity contribution in [3.63, 3.8) is 0 Å². The number of thiophene rings is 1. The van der Waals surface area contributed by atoms with Crippen LogP contribution in [0, 0.1) is 0 Å². The second kappa shape index (κ2) is 7.41. The Morgan fingerprint density at radius 3 is 2.90 bits per heavy atom. The fraction of sp³-hybridized carbons (Fsp3) is 0.500. The van der Waals surface area contributed by atoms with Crippen LogP contribution in [-0.2, 0) is 6.54 Å². The maximum absolute atomic E-state index is 5.96. The summed E-state index contributed by atoms with van der Waals surface area (Å²) in [6.45, 7) is 6.21. The van der Waals surface area contributed by atoms with Crippen molar-refractivity contribution < 1.29 is 0 Å². The highest BCUT2D eigenvalue weighted by Gasteiger charge is 2.12. The van der Waals surface area contributed by atoms with Crippen molar-refractivity contribution in [3.05, 3.63) is 32.4 Å². The number of hydrogen-bond donors (Lipinski definition) is 1. The molecule has 0 bridgehead atoms. The van der Waals surface area contributed by atoms with E-state index in [0.29, 0.717) is 6.04 Å². The Bertz CT molecular complexity index is 538. The van der Waals surface area contributed by atoms with Gasteiger partial charge in [-0.05, 0) is 32.0 Å². The summed E-state index contributed by atoms with van der Waals surface area (Å²) in [5.41, 5.74) is 1.12. The first-order chi connectivity index (χ1) is 9.60. The zero-order chi connectivity index (χ0) is 14.5. The molecule has 1 unspecified atom stereocenters. The summed E-state index contributed by atoms with van der Waals surface area (Å²) >= 11 is 9.28. The molecule has 1 atom stereocenters. The van der Waals surface area contributed by atoms with Gasteiger partial charge in [-0.15, -0.1) is 22.7 Å². The zero-order valence-electron chi connectivity index (χ0n) is 12.0. The summed E-state index contributed by atoms with van der Waals surface area (Å²) < 4.78 is 0.839. The monoisotopic (exact) mass is 329 g/mol. The van der Waals surface area contributed by atoms with Gasteiger partial charge in [-0.2, -0.15) is 0 Å². The van der Waals surface area contributed by atoms with Crippen molar-refractivity contribution in [3.8, 4) is 0 Å². The van der Waals surface area contributed by atoms with E-state index in [2.05, 4.69) is 42.6 Å². The molecule has 2 aromatic rings. The molecule has 1 N–H and O–H groups in total. The summed E-state index contributed by atoms with van der Waals surface area (Å²) in [7, 11) is 2.07. The van der Waals surface area contributed by atoms with Gasteiger partial charge in [-0.25, -0.2) is 4.98 Å². The molecule has 2 heterocycles. The number of hydrogen-bond acceptors (Lipinski definition) is 5. The first kappa shape index (κ1) is 15.8. The Morgan fingerprint density at radius 2 is 2.25 bits per heavy atom. The summed E-state index contributed by atoms with van der Waals surface area (Å²) in [5.74, 6) is 0. The summed E-state index contributed by atoms with van der Waals surface area (Å²) in [4.78, 5) is 8.15. The van der Waals surface area contributed by atoms with Crippen LogP contribution in [0.1, 0.15) is 36.9 Å². The number of aromatic nitrogens is 1. The number of nitrogens with zero attached hydrogens (tertiary/aromatic N) is 2.